The number of nitrogens with one attached hydrogen (secondary N) is 2. The maximum absolute atomic E-state index is 12.6. The molecule has 0 unspecified atom stereocenters. The van der Waals surface area contributed by atoms with E-state index in [0.29, 0.717) is 12.5 Å². The van der Waals surface area contributed by atoms with Gasteiger partial charge in [0.15, 0.2) is 0 Å². The minimum atomic E-state index is 0.0871. The molecule has 1 amide bonds. The number of hydrogen-bond acceptors (Lipinski definition) is 7. The molecule has 2 N–H and O–H groups in total. The van der Waals surface area contributed by atoms with Crippen LogP contribution in [0.2, 0.25) is 0 Å². The standard InChI is InChI=1S/C28H30N6OS/c1-19-12-15-30-26(17-19)34-25-7-4-6-23(33-25)24-18-32-28(36-24)21-10-8-20(9-11-21)27(35)31-16-13-22-5-2-3-14-29-22/h2-7,12,14-15,17-18,20-21H,8-11,13,16H2,1H3,(H,31,35)(H,30,33,34). The molecule has 0 radical (unpaired) electrons. The Morgan fingerprint density at radius 3 is 2.67 bits per heavy atom. The second kappa shape index (κ2) is 11.4. The van der Waals surface area contributed by atoms with Crippen LogP contribution in [0.1, 0.15) is 47.9 Å². The lowest BCUT2D eigenvalue weighted by Gasteiger charge is -2.26. The summed E-state index contributed by atoms with van der Waals surface area (Å²) in [6.45, 7) is 2.67. The lowest BCUT2D eigenvalue weighted by Crippen LogP contribution is -2.34. The molecule has 4 heterocycles. The van der Waals surface area contributed by atoms with Crippen LogP contribution in [-0.4, -0.2) is 32.4 Å². The Bertz CT molecular complexity index is 1300. The molecule has 0 spiro atoms. The number of pyridine rings is 3. The van der Waals surface area contributed by atoms with Gasteiger partial charge in [0, 0.05) is 49.1 Å². The van der Waals surface area contributed by atoms with Crippen molar-refractivity contribution in [3.05, 3.63) is 83.4 Å². The van der Waals surface area contributed by atoms with Gasteiger partial charge in [-0.1, -0.05) is 12.1 Å². The molecular formula is C28H30N6OS. The molecule has 8 heteroatoms. The third-order valence-corrected chi connectivity index (χ3v) is 7.73. The third kappa shape index (κ3) is 6.12. The van der Waals surface area contributed by atoms with Gasteiger partial charge in [0.2, 0.25) is 5.91 Å². The predicted octanol–water partition coefficient (Wildman–Crippen LogP) is 5.68. The molecule has 0 saturated heterocycles. The first-order chi connectivity index (χ1) is 17.6. The third-order valence-electron chi connectivity index (χ3n) is 6.55. The van der Waals surface area contributed by atoms with Gasteiger partial charge in [-0.25, -0.2) is 15.0 Å². The number of nitrogens with zero attached hydrogens (tertiary/aromatic N) is 4. The zero-order chi connectivity index (χ0) is 24.7. The summed E-state index contributed by atoms with van der Waals surface area (Å²) < 4.78 is 0. The van der Waals surface area contributed by atoms with Crippen LogP contribution in [0, 0.1) is 12.8 Å². The van der Waals surface area contributed by atoms with Gasteiger partial charge in [0.25, 0.3) is 0 Å². The summed E-state index contributed by atoms with van der Waals surface area (Å²) in [5.41, 5.74) is 3.05. The fraction of sp³-hybridized carbons (Fsp3) is 0.321. The van der Waals surface area contributed by atoms with Crippen LogP contribution < -0.4 is 10.6 Å². The lowest BCUT2D eigenvalue weighted by atomic mass is 9.82. The van der Waals surface area contributed by atoms with Crippen molar-refractivity contribution in [2.75, 3.05) is 11.9 Å². The smallest absolute Gasteiger partial charge is 0.223 e. The average Bonchev–Trinajstić information content (AvgIpc) is 3.40. The van der Waals surface area contributed by atoms with E-state index >= 15 is 0 Å². The number of anilines is 2. The number of rotatable bonds is 8. The highest BCUT2D eigenvalue weighted by atomic mass is 32.1. The maximum atomic E-state index is 12.6. The van der Waals surface area contributed by atoms with Crippen molar-refractivity contribution < 1.29 is 4.79 Å². The summed E-state index contributed by atoms with van der Waals surface area (Å²) in [5, 5.41) is 7.52. The highest BCUT2D eigenvalue weighted by Crippen LogP contribution is 2.39. The molecule has 1 aliphatic rings. The van der Waals surface area contributed by atoms with Crippen molar-refractivity contribution in [3.8, 4) is 10.6 Å². The van der Waals surface area contributed by atoms with Crippen LogP contribution in [0.25, 0.3) is 10.6 Å². The van der Waals surface area contributed by atoms with E-state index < -0.39 is 0 Å². The zero-order valence-corrected chi connectivity index (χ0v) is 21.2. The summed E-state index contributed by atoms with van der Waals surface area (Å²) in [6, 6.07) is 15.8. The molecule has 7 nitrogen and oxygen atoms in total. The van der Waals surface area contributed by atoms with Crippen LogP contribution in [0.15, 0.2) is 67.1 Å². The van der Waals surface area contributed by atoms with E-state index in [2.05, 4.69) is 20.6 Å². The number of thiazole rings is 1. The predicted molar refractivity (Wildman–Crippen MR) is 143 cm³/mol. The lowest BCUT2D eigenvalue weighted by molar-refractivity contribution is -0.125. The normalized spacial score (nSPS) is 17.5. The number of aromatic nitrogens is 4. The molecular weight excluding hydrogens is 468 g/mol. The Balaban J connectivity index is 1.14. The summed E-state index contributed by atoms with van der Waals surface area (Å²) in [4.78, 5) is 31.9. The Morgan fingerprint density at radius 2 is 1.86 bits per heavy atom. The number of aryl methyl sites for hydroxylation is 1. The first-order valence-electron chi connectivity index (χ1n) is 12.4. The number of amides is 1. The minimum Gasteiger partial charge on any atom is -0.355 e. The number of carbonyl (C=O) groups excluding carboxylic acids is 1. The van der Waals surface area contributed by atoms with Crippen LogP contribution in [-0.2, 0) is 11.2 Å². The molecule has 1 saturated carbocycles. The van der Waals surface area contributed by atoms with Crippen molar-refractivity contribution in [2.45, 2.75) is 44.9 Å². The molecule has 0 aliphatic heterocycles. The monoisotopic (exact) mass is 498 g/mol. The number of hydrogen-bond donors (Lipinski definition) is 2. The van der Waals surface area contributed by atoms with Gasteiger partial charge in [-0.3, -0.25) is 9.78 Å². The van der Waals surface area contributed by atoms with E-state index in [-0.39, 0.29) is 11.8 Å². The highest BCUT2D eigenvalue weighted by Gasteiger charge is 2.28. The summed E-state index contributed by atoms with van der Waals surface area (Å²) >= 11 is 1.71. The van der Waals surface area contributed by atoms with Crippen molar-refractivity contribution in [3.63, 3.8) is 0 Å². The Morgan fingerprint density at radius 1 is 0.972 bits per heavy atom. The molecule has 0 atom stereocenters. The molecule has 184 valence electrons. The maximum Gasteiger partial charge on any atom is 0.223 e. The van der Waals surface area contributed by atoms with Crippen LogP contribution in [0.3, 0.4) is 0 Å². The fourth-order valence-corrected chi connectivity index (χ4v) is 5.64. The van der Waals surface area contributed by atoms with Gasteiger partial charge in [0.05, 0.1) is 15.6 Å². The SMILES string of the molecule is Cc1ccnc(Nc2cccc(-c3cnc(C4CCC(C(=O)NCCc5ccccn5)CC4)s3)n2)c1. The molecule has 0 aromatic carbocycles. The van der Waals surface area contributed by atoms with Gasteiger partial charge >= 0.3 is 0 Å². The Labute approximate surface area is 215 Å². The largest absolute Gasteiger partial charge is 0.355 e. The highest BCUT2D eigenvalue weighted by molar-refractivity contribution is 7.15. The van der Waals surface area contributed by atoms with Crippen LogP contribution >= 0.6 is 11.3 Å². The molecule has 4 aromatic rings. The summed E-state index contributed by atoms with van der Waals surface area (Å²) in [5.74, 6) is 2.20. The van der Waals surface area contributed by atoms with E-state index in [1.54, 1.807) is 23.7 Å². The molecule has 0 bridgehead atoms. The first kappa shape index (κ1) is 24.1. The van der Waals surface area contributed by atoms with E-state index in [9.17, 15) is 4.79 Å². The Kier molecular flexibility index (Phi) is 7.61. The van der Waals surface area contributed by atoms with E-state index in [0.717, 1.165) is 70.6 Å². The van der Waals surface area contributed by atoms with Crippen molar-refractivity contribution >= 4 is 28.9 Å². The van der Waals surface area contributed by atoms with Crippen LogP contribution in [0.4, 0.5) is 11.6 Å². The summed E-state index contributed by atoms with van der Waals surface area (Å²) in [7, 11) is 0. The zero-order valence-electron chi connectivity index (χ0n) is 20.4. The minimum absolute atomic E-state index is 0.0871. The van der Waals surface area contributed by atoms with E-state index in [1.165, 1.54) is 0 Å². The number of carbonyl (C=O) groups is 1. The van der Waals surface area contributed by atoms with Crippen LogP contribution in [0.5, 0.6) is 0 Å². The van der Waals surface area contributed by atoms with Gasteiger partial charge in [0.1, 0.15) is 11.6 Å². The van der Waals surface area contributed by atoms with Crippen molar-refractivity contribution in [2.24, 2.45) is 5.92 Å². The molecule has 1 aliphatic carbocycles. The molecule has 5 rings (SSSR count). The summed E-state index contributed by atoms with van der Waals surface area (Å²) in [6.07, 6.45) is 10.0. The van der Waals surface area contributed by atoms with E-state index in [4.69, 9.17) is 9.97 Å². The van der Waals surface area contributed by atoms with Crippen molar-refractivity contribution in [1.82, 2.24) is 25.3 Å². The quantitative estimate of drug-likeness (QED) is 0.325. The topological polar surface area (TPSA) is 92.7 Å². The first-order valence-corrected chi connectivity index (χ1v) is 13.3. The van der Waals surface area contributed by atoms with Gasteiger partial charge < -0.3 is 10.6 Å². The van der Waals surface area contributed by atoms with E-state index in [1.807, 2.05) is 61.7 Å². The van der Waals surface area contributed by atoms with Gasteiger partial charge in [-0.05, 0) is 74.6 Å². The second-order valence-electron chi connectivity index (χ2n) is 9.22. The molecule has 1 fully saturated rings. The fourth-order valence-electron chi connectivity index (χ4n) is 4.58. The molecule has 36 heavy (non-hydrogen) atoms. The second-order valence-corrected chi connectivity index (χ2v) is 10.3. The average molecular weight is 499 g/mol. The Hall–Kier alpha value is -3.65. The van der Waals surface area contributed by atoms with Crippen molar-refractivity contribution in [1.29, 1.82) is 0 Å². The van der Waals surface area contributed by atoms with Gasteiger partial charge in [-0.15, -0.1) is 11.3 Å². The van der Waals surface area contributed by atoms with Gasteiger partial charge in [-0.2, -0.15) is 0 Å². The molecule has 4 aromatic heterocycles.